The van der Waals surface area contributed by atoms with E-state index in [-0.39, 0.29) is 0 Å². The van der Waals surface area contributed by atoms with Gasteiger partial charge in [-0.05, 0) is 13.0 Å². The smallest absolute Gasteiger partial charge is 0.0107 e. The van der Waals surface area contributed by atoms with Crippen molar-refractivity contribution in [1.82, 2.24) is 10.2 Å². The summed E-state index contributed by atoms with van der Waals surface area (Å²) < 4.78 is 0. The zero-order chi connectivity index (χ0) is 15.5. The standard InChI is InChI=1S/C14H30N2.2C2H6/c1-2-3-4-5-6-7-8-9-12-16-13-10-15-11-14-16;2*1-2/h15H,2-14H2,1H3;2*1-2H3. The van der Waals surface area contributed by atoms with Gasteiger partial charge in [-0.2, -0.15) is 0 Å². The van der Waals surface area contributed by atoms with Gasteiger partial charge in [0.05, 0.1) is 0 Å². The first-order valence-corrected chi connectivity index (χ1v) is 9.36. The normalized spacial score (nSPS) is 14.8. The van der Waals surface area contributed by atoms with Crippen LogP contribution in [0.5, 0.6) is 0 Å². The third kappa shape index (κ3) is 16.0. The Hall–Kier alpha value is -0.0800. The Labute approximate surface area is 129 Å². The van der Waals surface area contributed by atoms with Gasteiger partial charge in [0, 0.05) is 26.2 Å². The minimum atomic E-state index is 1.19. The lowest BCUT2D eigenvalue weighted by Gasteiger charge is -2.27. The van der Waals surface area contributed by atoms with Gasteiger partial charge in [0.25, 0.3) is 0 Å². The third-order valence-corrected chi connectivity index (χ3v) is 3.54. The van der Waals surface area contributed by atoms with E-state index >= 15 is 0 Å². The number of rotatable bonds is 9. The van der Waals surface area contributed by atoms with Crippen LogP contribution in [-0.2, 0) is 0 Å². The van der Waals surface area contributed by atoms with Crippen LogP contribution in [0.4, 0.5) is 0 Å². The summed E-state index contributed by atoms with van der Waals surface area (Å²) in [6.07, 6.45) is 11.5. The Bertz CT molecular complexity index is 142. The van der Waals surface area contributed by atoms with Crippen LogP contribution >= 0.6 is 0 Å². The van der Waals surface area contributed by atoms with E-state index < -0.39 is 0 Å². The maximum absolute atomic E-state index is 3.40. The number of piperazine rings is 1. The molecule has 1 rings (SSSR count). The van der Waals surface area contributed by atoms with E-state index in [0.717, 1.165) is 0 Å². The van der Waals surface area contributed by atoms with Crippen molar-refractivity contribution in [3.8, 4) is 0 Å². The predicted octanol–water partition coefficient (Wildman–Crippen LogP) is 5.08. The number of nitrogens with zero attached hydrogens (tertiary/aromatic N) is 1. The molecular weight excluding hydrogens is 244 g/mol. The monoisotopic (exact) mass is 286 g/mol. The molecule has 1 fully saturated rings. The number of hydrogen-bond acceptors (Lipinski definition) is 2. The van der Waals surface area contributed by atoms with Gasteiger partial charge in [-0.1, -0.05) is 79.6 Å². The second-order valence-corrected chi connectivity index (χ2v) is 5.07. The third-order valence-electron chi connectivity index (χ3n) is 3.54. The second-order valence-electron chi connectivity index (χ2n) is 5.07. The van der Waals surface area contributed by atoms with Crippen molar-refractivity contribution in [2.45, 2.75) is 86.0 Å². The maximum atomic E-state index is 3.40. The lowest BCUT2D eigenvalue weighted by atomic mass is 10.1. The van der Waals surface area contributed by atoms with E-state index in [1.54, 1.807) is 0 Å². The van der Waals surface area contributed by atoms with Crippen molar-refractivity contribution in [2.24, 2.45) is 0 Å². The van der Waals surface area contributed by atoms with Gasteiger partial charge in [0.2, 0.25) is 0 Å². The first-order valence-electron chi connectivity index (χ1n) is 9.36. The summed E-state index contributed by atoms with van der Waals surface area (Å²) in [6.45, 7) is 16.5. The molecule has 1 saturated heterocycles. The molecule has 1 aliphatic rings. The Morgan fingerprint density at radius 2 is 1.15 bits per heavy atom. The molecule has 1 N–H and O–H groups in total. The van der Waals surface area contributed by atoms with Gasteiger partial charge in [-0.3, -0.25) is 0 Å². The van der Waals surface area contributed by atoms with Crippen LogP contribution in [0.2, 0.25) is 0 Å². The molecule has 124 valence electrons. The molecule has 1 heterocycles. The van der Waals surface area contributed by atoms with Crippen LogP contribution in [0.3, 0.4) is 0 Å². The Morgan fingerprint density at radius 1 is 0.700 bits per heavy atom. The summed E-state index contributed by atoms with van der Waals surface area (Å²) in [6, 6.07) is 0. The zero-order valence-corrected chi connectivity index (χ0v) is 15.1. The van der Waals surface area contributed by atoms with Crippen LogP contribution in [0.1, 0.15) is 86.0 Å². The number of hydrogen-bond donors (Lipinski definition) is 1. The molecular formula is C18H42N2. The minimum Gasteiger partial charge on any atom is -0.314 e. The van der Waals surface area contributed by atoms with Crippen molar-refractivity contribution < 1.29 is 0 Å². The van der Waals surface area contributed by atoms with Gasteiger partial charge in [-0.25, -0.2) is 0 Å². The van der Waals surface area contributed by atoms with Gasteiger partial charge >= 0.3 is 0 Å². The molecule has 0 aromatic carbocycles. The molecule has 0 aromatic rings. The minimum absolute atomic E-state index is 1.19. The van der Waals surface area contributed by atoms with Gasteiger partial charge < -0.3 is 10.2 Å². The van der Waals surface area contributed by atoms with E-state index in [9.17, 15) is 0 Å². The molecule has 0 atom stereocenters. The SMILES string of the molecule is CC.CC.CCCCCCCCCCN1CCNCC1. The quantitative estimate of drug-likeness (QED) is 0.594. The number of nitrogens with one attached hydrogen (secondary N) is 1. The van der Waals surface area contributed by atoms with Crippen molar-refractivity contribution >= 4 is 0 Å². The Balaban J connectivity index is 0. The molecule has 0 bridgehead atoms. The first kappa shape index (κ1) is 22.2. The van der Waals surface area contributed by atoms with Crippen molar-refractivity contribution in [1.29, 1.82) is 0 Å². The Kier molecular flexibility index (Phi) is 23.6. The molecule has 0 aliphatic carbocycles. The molecule has 20 heavy (non-hydrogen) atoms. The summed E-state index contributed by atoms with van der Waals surface area (Å²) in [4.78, 5) is 2.60. The first-order chi connectivity index (χ1) is 9.93. The molecule has 0 saturated carbocycles. The maximum Gasteiger partial charge on any atom is 0.0107 e. The fourth-order valence-electron chi connectivity index (χ4n) is 2.40. The molecule has 0 radical (unpaired) electrons. The average molecular weight is 287 g/mol. The highest BCUT2D eigenvalue weighted by Gasteiger charge is 2.07. The topological polar surface area (TPSA) is 15.3 Å². The summed E-state index contributed by atoms with van der Waals surface area (Å²) in [7, 11) is 0. The van der Waals surface area contributed by atoms with Gasteiger partial charge in [0.15, 0.2) is 0 Å². The second kappa shape index (κ2) is 21.2. The van der Waals surface area contributed by atoms with E-state index in [4.69, 9.17) is 0 Å². The molecule has 2 heteroatoms. The molecule has 0 aromatic heterocycles. The average Bonchev–Trinajstić information content (AvgIpc) is 2.55. The summed E-state index contributed by atoms with van der Waals surface area (Å²) >= 11 is 0. The van der Waals surface area contributed by atoms with E-state index in [2.05, 4.69) is 17.1 Å². The highest BCUT2D eigenvalue weighted by Crippen LogP contribution is 2.08. The van der Waals surface area contributed by atoms with E-state index in [1.807, 2.05) is 27.7 Å². The van der Waals surface area contributed by atoms with Crippen LogP contribution in [0.15, 0.2) is 0 Å². The van der Waals surface area contributed by atoms with Crippen molar-refractivity contribution in [2.75, 3.05) is 32.7 Å². The zero-order valence-electron chi connectivity index (χ0n) is 15.1. The largest absolute Gasteiger partial charge is 0.314 e. The van der Waals surface area contributed by atoms with Crippen LogP contribution in [0.25, 0.3) is 0 Å². The van der Waals surface area contributed by atoms with E-state index in [1.165, 1.54) is 84.1 Å². The summed E-state index contributed by atoms with van der Waals surface area (Å²) in [5.41, 5.74) is 0. The molecule has 2 nitrogen and oxygen atoms in total. The van der Waals surface area contributed by atoms with Crippen molar-refractivity contribution in [3.05, 3.63) is 0 Å². The summed E-state index contributed by atoms with van der Waals surface area (Å²) in [5, 5.41) is 3.40. The summed E-state index contributed by atoms with van der Waals surface area (Å²) in [5.74, 6) is 0. The highest BCUT2D eigenvalue weighted by molar-refractivity contribution is 4.67. The Morgan fingerprint density at radius 3 is 1.65 bits per heavy atom. The van der Waals surface area contributed by atoms with Crippen molar-refractivity contribution in [3.63, 3.8) is 0 Å². The fraction of sp³-hybridized carbons (Fsp3) is 1.00. The molecule has 0 amide bonds. The van der Waals surface area contributed by atoms with Gasteiger partial charge in [0.1, 0.15) is 0 Å². The number of unbranched alkanes of at least 4 members (excludes halogenated alkanes) is 7. The molecule has 0 spiro atoms. The van der Waals surface area contributed by atoms with Crippen LogP contribution < -0.4 is 5.32 Å². The molecule has 1 aliphatic heterocycles. The van der Waals surface area contributed by atoms with E-state index in [0.29, 0.717) is 0 Å². The fourth-order valence-corrected chi connectivity index (χ4v) is 2.40. The van der Waals surface area contributed by atoms with Crippen LogP contribution in [-0.4, -0.2) is 37.6 Å². The van der Waals surface area contributed by atoms with Crippen LogP contribution in [0, 0.1) is 0 Å². The van der Waals surface area contributed by atoms with Gasteiger partial charge in [-0.15, -0.1) is 0 Å². The highest BCUT2D eigenvalue weighted by atomic mass is 15.2. The lowest BCUT2D eigenvalue weighted by molar-refractivity contribution is 0.236. The predicted molar refractivity (Wildman–Crippen MR) is 94.6 cm³/mol. The lowest BCUT2D eigenvalue weighted by Crippen LogP contribution is -2.43. The molecule has 0 unspecified atom stereocenters.